The molecule has 0 unspecified atom stereocenters. The van der Waals surface area contributed by atoms with Gasteiger partial charge in [0, 0.05) is 5.57 Å². The zero-order valence-electron chi connectivity index (χ0n) is 7.79. The van der Waals surface area contributed by atoms with Crippen LogP contribution >= 0.6 is 11.3 Å². The molecule has 0 N–H and O–H groups in total. The largest absolute Gasteiger partial charge is 0.193 e. The molecule has 0 aliphatic carbocycles. The summed E-state index contributed by atoms with van der Waals surface area (Å²) >= 11 is 1.66. The van der Waals surface area contributed by atoms with Crippen LogP contribution in [0.5, 0.6) is 0 Å². The smallest absolute Gasteiger partial charge is 0.0947 e. The van der Waals surface area contributed by atoms with E-state index in [0.29, 0.717) is 0 Å². The fraction of sp³-hybridized carbons (Fsp3) is 0.364. The van der Waals surface area contributed by atoms with Gasteiger partial charge in [0.2, 0.25) is 0 Å². The molecule has 68 valence electrons. The molecule has 0 aliphatic heterocycles. The molecule has 0 fully saturated rings. The van der Waals surface area contributed by atoms with Crippen LogP contribution in [0.25, 0.3) is 6.08 Å². The summed E-state index contributed by atoms with van der Waals surface area (Å²) in [7, 11) is 0. The molecular weight excluding hydrogens is 178 g/mol. The minimum absolute atomic E-state index is 0.889. The van der Waals surface area contributed by atoms with E-state index in [2.05, 4.69) is 18.4 Å². The average molecular weight is 191 g/mol. The Hall–Kier alpha value is -1.07. The average Bonchev–Trinajstić information content (AvgIpc) is 2.64. The Morgan fingerprint density at radius 1 is 1.69 bits per heavy atom. The fourth-order valence-corrected chi connectivity index (χ4v) is 1.70. The molecule has 1 nitrogen and oxygen atoms in total. The first-order chi connectivity index (χ1) is 6.36. The quantitative estimate of drug-likeness (QED) is 0.663. The maximum Gasteiger partial charge on any atom is 0.0947 e. The van der Waals surface area contributed by atoms with E-state index in [1.807, 2.05) is 17.5 Å². The molecule has 2 heteroatoms. The van der Waals surface area contributed by atoms with Crippen LogP contribution in [0.1, 0.15) is 31.7 Å². The van der Waals surface area contributed by atoms with Crippen molar-refractivity contribution >= 4 is 17.4 Å². The predicted octanol–water partition coefficient (Wildman–Crippen LogP) is 3.85. The Morgan fingerprint density at radius 3 is 3.08 bits per heavy atom. The van der Waals surface area contributed by atoms with Crippen molar-refractivity contribution < 1.29 is 0 Å². The van der Waals surface area contributed by atoms with E-state index in [-0.39, 0.29) is 0 Å². The SMILES string of the molecule is CCCC/C(C#N)=C\c1ccsc1. The summed E-state index contributed by atoms with van der Waals surface area (Å²) in [4.78, 5) is 0. The summed E-state index contributed by atoms with van der Waals surface area (Å²) in [6.45, 7) is 2.14. The van der Waals surface area contributed by atoms with Crippen LogP contribution in [0, 0.1) is 11.3 Å². The molecule has 1 rings (SSSR count). The molecule has 0 saturated heterocycles. The van der Waals surface area contributed by atoms with E-state index in [1.54, 1.807) is 11.3 Å². The van der Waals surface area contributed by atoms with E-state index in [9.17, 15) is 0 Å². The van der Waals surface area contributed by atoms with Crippen LogP contribution in [-0.2, 0) is 0 Å². The van der Waals surface area contributed by atoms with Gasteiger partial charge in [0.1, 0.15) is 0 Å². The predicted molar refractivity (Wildman–Crippen MR) is 57.4 cm³/mol. The molecule has 0 aliphatic rings. The number of hydrogen-bond acceptors (Lipinski definition) is 2. The zero-order valence-corrected chi connectivity index (χ0v) is 8.60. The third kappa shape index (κ3) is 3.43. The Labute approximate surface area is 83.3 Å². The minimum Gasteiger partial charge on any atom is -0.193 e. The van der Waals surface area contributed by atoms with Gasteiger partial charge in [-0.25, -0.2) is 0 Å². The molecule has 0 bridgehead atoms. The number of rotatable bonds is 4. The van der Waals surface area contributed by atoms with E-state index in [1.165, 1.54) is 0 Å². The summed E-state index contributed by atoms with van der Waals surface area (Å²) in [6.07, 6.45) is 5.13. The highest BCUT2D eigenvalue weighted by atomic mass is 32.1. The summed E-state index contributed by atoms with van der Waals surface area (Å²) in [5.41, 5.74) is 2.04. The maximum atomic E-state index is 8.84. The number of allylic oxidation sites excluding steroid dienone is 1. The highest BCUT2D eigenvalue weighted by molar-refractivity contribution is 7.08. The van der Waals surface area contributed by atoms with Crippen LogP contribution in [0.4, 0.5) is 0 Å². The molecule has 0 saturated carbocycles. The van der Waals surface area contributed by atoms with Crippen LogP contribution in [0.15, 0.2) is 22.4 Å². The summed E-state index contributed by atoms with van der Waals surface area (Å²) < 4.78 is 0. The highest BCUT2D eigenvalue weighted by Gasteiger charge is 1.95. The molecular formula is C11H13NS. The Bertz CT molecular complexity index is 303. The van der Waals surface area contributed by atoms with Gasteiger partial charge in [-0.05, 0) is 41.3 Å². The number of nitrogens with zero attached hydrogens (tertiary/aromatic N) is 1. The van der Waals surface area contributed by atoms with E-state index >= 15 is 0 Å². The second kappa shape index (κ2) is 5.55. The van der Waals surface area contributed by atoms with Gasteiger partial charge in [0.15, 0.2) is 0 Å². The molecule has 0 radical (unpaired) electrons. The van der Waals surface area contributed by atoms with E-state index in [4.69, 9.17) is 5.26 Å². The van der Waals surface area contributed by atoms with Crippen LogP contribution in [0.3, 0.4) is 0 Å². The number of hydrogen-bond donors (Lipinski definition) is 0. The molecule has 0 amide bonds. The van der Waals surface area contributed by atoms with Gasteiger partial charge < -0.3 is 0 Å². The molecule has 1 aromatic heterocycles. The molecule has 0 atom stereocenters. The van der Waals surface area contributed by atoms with Crippen molar-refractivity contribution in [2.24, 2.45) is 0 Å². The van der Waals surface area contributed by atoms with Crippen molar-refractivity contribution in [2.45, 2.75) is 26.2 Å². The third-order valence-corrected chi connectivity index (χ3v) is 2.53. The minimum atomic E-state index is 0.889. The van der Waals surface area contributed by atoms with Gasteiger partial charge in [0.25, 0.3) is 0 Å². The monoisotopic (exact) mass is 191 g/mol. The van der Waals surface area contributed by atoms with Crippen molar-refractivity contribution in [1.29, 1.82) is 5.26 Å². The van der Waals surface area contributed by atoms with Gasteiger partial charge in [-0.15, -0.1) is 0 Å². The van der Waals surface area contributed by atoms with Gasteiger partial charge in [-0.2, -0.15) is 16.6 Å². The van der Waals surface area contributed by atoms with Crippen LogP contribution < -0.4 is 0 Å². The number of thiophene rings is 1. The van der Waals surface area contributed by atoms with E-state index in [0.717, 1.165) is 30.4 Å². The first-order valence-corrected chi connectivity index (χ1v) is 5.44. The second-order valence-corrected chi connectivity index (χ2v) is 3.72. The van der Waals surface area contributed by atoms with Crippen LogP contribution in [-0.4, -0.2) is 0 Å². The Kier molecular flexibility index (Phi) is 4.28. The second-order valence-electron chi connectivity index (χ2n) is 2.94. The topological polar surface area (TPSA) is 23.8 Å². The summed E-state index contributed by atoms with van der Waals surface area (Å²) in [5, 5.41) is 12.9. The molecule has 0 spiro atoms. The first-order valence-electron chi connectivity index (χ1n) is 4.49. The summed E-state index contributed by atoms with van der Waals surface area (Å²) in [5.74, 6) is 0. The van der Waals surface area contributed by atoms with Crippen molar-refractivity contribution in [1.82, 2.24) is 0 Å². The normalized spacial score (nSPS) is 11.2. The van der Waals surface area contributed by atoms with Gasteiger partial charge in [-0.3, -0.25) is 0 Å². The maximum absolute atomic E-state index is 8.84. The summed E-state index contributed by atoms with van der Waals surface area (Å²) in [6, 6.07) is 4.28. The van der Waals surface area contributed by atoms with E-state index < -0.39 is 0 Å². The Morgan fingerprint density at radius 2 is 2.54 bits per heavy atom. The van der Waals surface area contributed by atoms with Crippen molar-refractivity contribution in [3.05, 3.63) is 28.0 Å². The highest BCUT2D eigenvalue weighted by Crippen LogP contribution is 2.14. The molecule has 1 heterocycles. The number of nitriles is 1. The lowest BCUT2D eigenvalue weighted by molar-refractivity contribution is 0.802. The number of unbranched alkanes of at least 4 members (excludes halogenated alkanes) is 1. The molecule has 0 aromatic carbocycles. The van der Waals surface area contributed by atoms with Crippen molar-refractivity contribution in [3.63, 3.8) is 0 Å². The van der Waals surface area contributed by atoms with Gasteiger partial charge in [0.05, 0.1) is 6.07 Å². The lowest BCUT2D eigenvalue weighted by Gasteiger charge is -1.94. The molecule has 13 heavy (non-hydrogen) atoms. The lowest BCUT2D eigenvalue weighted by Crippen LogP contribution is -1.79. The fourth-order valence-electron chi connectivity index (χ4n) is 1.09. The van der Waals surface area contributed by atoms with Crippen molar-refractivity contribution in [2.75, 3.05) is 0 Å². The Balaban J connectivity index is 2.62. The van der Waals surface area contributed by atoms with Crippen LogP contribution in [0.2, 0.25) is 0 Å². The molecule has 1 aromatic rings. The third-order valence-electron chi connectivity index (χ3n) is 1.83. The first kappa shape index (κ1) is 10.0. The zero-order chi connectivity index (χ0) is 9.52. The van der Waals surface area contributed by atoms with Gasteiger partial charge >= 0.3 is 0 Å². The van der Waals surface area contributed by atoms with Crippen molar-refractivity contribution in [3.8, 4) is 6.07 Å². The van der Waals surface area contributed by atoms with Gasteiger partial charge in [-0.1, -0.05) is 13.3 Å². The lowest BCUT2D eigenvalue weighted by atomic mass is 10.1. The standard InChI is InChI=1S/C11H13NS/c1-2-3-4-10(8-12)7-11-5-6-13-9-11/h5-7,9H,2-4H2,1H3/b10-7+.